The number of halogens is 1. The van der Waals surface area contributed by atoms with Crippen LogP contribution in [-0.4, -0.2) is 33.6 Å². The van der Waals surface area contributed by atoms with E-state index in [1.54, 1.807) is 6.20 Å². The maximum atomic E-state index is 6.10. The van der Waals surface area contributed by atoms with Crippen molar-refractivity contribution in [2.45, 2.75) is 46.7 Å². The van der Waals surface area contributed by atoms with E-state index < -0.39 is 0 Å². The van der Waals surface area contributed by atoms with Gasteiger partial charge in [0.15, 0.2) is 5.96 Å². The molecule has 0 radical (unpaired) electrons. The Morgan fingerprint density at radius 3 is 2.67 bits per heavy atom. The summed E-state index contributed by atoms with van der Waals surface area (Å²) in [6.07, 6.45) is 8.13. The molecule has 1 aliphatic carbocycles. The van der Waals surface area contributed by atoms with Gasteiger partial charge in [0, 0.05) is 37.2 Å². The molecule has 176 valence electrons. The van der Waals surface area contributed by atoms with Gasteiger partial charge >= 0.3 is 0 Å². The molecule has 7 nitrogen and oxygen atoms in total. The summed E-state index contributed by atoms with van der Waals surface area (Å²) in [4.78, 5) is 13.5. The van der Waals surface area contributed by atoms with Gasteiger partial charge in [-0.2, -0.15) is 0 Å². The van der Waals surface area contributed by atoms with Crippen LogP contribution in [0.1, 0.15) is 42.3 Å². The Balaban J connectivity index is 0.00000306. The number of aromatic nitrogens is 3. The van der Waals surface area contributed by atoms with E-state index >= 15 is 0 Å². The molecule has 0 atom stereocenters. The molecule has 1 saturated carbocycles. The van der Waals surface area contributed by atoms with Crippen molar-refractivity contribution in [3.8, 4) is 11.6 Å². The minimum absolute atomic E-state index is 0. The zero-order valence-corrected chi connectivity index (χ0v) is 21.9. The molecular formula is C25H33IN6O. The number of hydrogen-bond acceptors (Lipinski definition) is 4. The van der Waals surface area contributed by atoms with E-state index in [0.717, 1.165) is 53.5 Å². The molecule has 0 spiro atoms. The number of ether oxygens (including phenoxy) is 1. The summed E-state index contributed by atoms with van der Waals surface area (Å²) < 4.78 is 8.06. The van der Waals surface area contributed by atoms with Crippen LogP contribution in [0.15, 0.2) is 53.9 Å². The van der Waals surface area contributed by atoms with Gasteiger partial charge in [-0.15, -0.1) is 24.0 Å². The van der Waals surface area contributed by atoms with Crippen molar-refractivity contribution in [1.29, 1.82) is 0 Å². The smallest absolute Gasteiger partial charge is 0.191 e. The lowest BCUT2D eigenvalue weighted by atomic mass is 10.1. The van der Waals surface area contributed by atoms with Crippen LogP contribution in [0.2, 0.25) is 0 Å². The molecule has 4 rings (SSSR count). The Morgan fingerprint density at radius 1 is 1.15 bits per heavy atom. The van der Waals surface area contributed by atoms with E-state index in [0.29, 0.717) is 13.1 Å². The summed E-state index contributed by atoms with van der Waals surface area (Å²) in [6, 6.07) is 10.4. The lowest BCUT2D eigenvalue weighted by Gasteiger charge is -2.15. The van der Waals surface area contributed by atoms with E-state index in [1.807, 2.05) is 30.0 Å². The van der Waals surface area contributed by atoms with Crippen molar-refractivity contribution in [2.75, 3.05) is 13.2 Å². The van der Waals surface area contributed by atoms with Gasteiger partial charge in [0.2, 0.25) is 0 Å². The number of nitrogens with zero attached hydrogens (tertiary/aromatic N) is 4. The van der Waals surface area contributed by atoms with Gasteiger partial charge in [-0.25, -0.2) is 15.0 Å². The highest BCUT2D eigenvalue weighted by Gasteiger charge is 2.22. The molecule has 0 aliphatic heterocycles. The summed E-state index contributed by atoms with van der Waals surface area (Å²) in [5.74, 6) is 4.24. The first-order valence-corrected chi connectivity index (χ1v) is 11.3. The molecule has 0 saturated heterocycles. The number of pyridine rings is 1. The molecular weight excluding hydrogens is 527 g/mol. The highest BCUT2D eigenvalue weighted by molar-refractivity contribution is 14.0. The predicted octanol–water partition coefficient (Wildman–Crippen LogP) is 4.55. The van der Waals surface area contributed by atoms with Gasteiger partial charge in [-0.05, 0) is 62.8 Å². The average molecular weight is 560 g/mol. The zero-order valence-electron chi connectivity index (χ0n) is 19.5. The number of hydrogen-bond donors (Lipinski definition) is 2. The molecule has 1 aliphatic rings. The molecule has 1 aromatic carbocycles. The van der Waals surface area contributed by atoms with E-state index in [1.165, 1.54) is 18.4 Å². The Hall–Kier alpha value is -2.62. The summed E-state index contributed by atoms with van der Waals surface area (Å²) in [5, 5.41) is 6.76. The zero-order chi connectivity index (χ0) is 22.3. The molecule has 2 N–H and O–H groups in total. The molecule has 2 heterocycles. The van der Waals surface area contributed by atoms with Gasteiger partial charge < -0.3 is 15.4 Å². The number of imidazole rings is 1. The first-order valence-electron chi connectivity index (χ1n) is 11.3. The third-order valence-electron chi connectivity index (χ3n) is 5.49. The second kappa shape index (κ2) is 12.0. The SMILES string of the molecule is CCNC(=NCc1ccc(-n2ccnc2C)nc1)NCc1ccc(C)cc1OCC1CC1.I. The lowest BCUT2D eigenvalue weighted by molar-refractivity contribution is 0.296. The first-order chi connectivity index (χ1) is 15.6. The molecule has 2 aromatic heterocycles. The lowest BCUT2D eigenvalue weighted by Crippen LogP contribution is -2.36. The minimum atomic E-state index is 0. The van der Waals surface area contributed by atoms with Gasteiger partial charge in [-0.3, -0.25) is 4.57 Å². The Bertz CT molecular complexity index is 1060. The normalized spacial score (nSPS) is 13.4. The molecule has 0 amide bonds. The standard InChI is InChI=1S/C25H32N6O.HI/c1-4-26-25(29-15-21-8-10-24(28-14-21)31-12-11-27-19(31)3)30-16-22-9-5-18(2)13-23(22)32-17-20-6-7-20;/h5,8-14,20H,4,6-7,15-17H2,1-3H3,(H2,26,29,30);1H. The van der Waals surface area contributed by atoms with Crippen LogP contribution in [0.25, 0.3) is 5.82 Å². The quantitative estimate of drug-likeness (QED) is 0.228. The first kappa shape index (κ1) is 25.0. The van der Waals surface area contributed by atoms with Gasteiger partial charge in [0.25, 0.3) is 0 Å². The number of aryl methyl sites for hydroxylation is 2. The van der Waals surface area contributed by atoms with Crippen molar-refractivity contribution in [2.24, 2.45) is 10.9 Å². The Kier molecular flexibility index (Phi) is 9.11. The van der Waals surface area contributed by atoms with Crippen LogP contribution in [0.5, 0.6) is 5.75 Å². The maximum absolute atomic E-state index is 6.10. The summed E-state index contributed by atoms with van der Waals surface area (Å²) >= 11 is 0. The van der Waals surface area contributed by atoms with Crippen molar-refractivity contribution in [3.63, 3.8) is 0 Å². The number of aliphatic imine (C=N–C) groups is 1. The van der Waals surface area contributed by atoms with Gasteiger partial charge in [0.05, 0.1) is 13.2 Å². The topological polar surface area (TPSA) is 76.4 Å². The van der Waals surface area contributed by atoms with Crippen molar-refractivity contribution >= 4 is 29.9 Å². The monoisotopic (exact) mass is 560 g/mol. The number of nitrogens with one attached hydrogen (secondary N) is 2. The molecule has 1 fully saturated rings. The second-order valence-electron chi connectivity index (χ2n) is 8.28. The van der Waals surface area contributed by atoms with Crippen molar-refractivity contribution in [3.05, 3.63) is 71.4 Å². The summed E-state index contributed by atoms with van der Waals surface area (Å²) in [6.45, 7) is 8.93. The highest BCUT2D eigenvalue weighted by atomic mass is 127. The number of guanidine groups is 1. The maximum Gasteiger partial charge on any atom is 0.191 e. The summed E-state index contributed by atoms with van der Waals surface area (Å²) in [7, 11) is 0. The van der Waals surface area contributed by atoms with Gasteiger partial charge in [-0.1, -0.05) is 18.2 Å². The fourth-order valence-electron chi connectivity index (χ4n) is 3.40. The highest BCUT2D eigenvalue weighted by Crippen LogP contribution is 2.30. The molecule has 0 unspecified atom stereocenters. The predicted molar refractivity (Wildman–Crippen MR) is 143 cm³/mol. The van der Waals surface area contributed by atoms with E-state index in [9.17, 15) is 0 Å². The average Bonchev–Trinajstić information content (AvgIpc) is 3.54. The van der Waals surface area contributed by atoms with E-state index in [2.05, 4.69) is 58.7 Å². The van der Waals surface area contributed by atoms with Crippen LogP contribution >= 0.6 is 24.0 Å². The largest absolute Gasteiger partial charge is 0.493 e. The van der Waals surface area contributed by atoms with E-state index in [-0.39, 0.29) is 24.0 Å². The molecule has 3 aromatic rings. The molecule has 33 heavy (non-hydrogen) atoms. The van der Waals surface area contributed by atoms with Gasteiger partial charge in [0.1, 0.15) is 17.4 Å². The molecule has 0 bridgehead atoms. The summed E-state index contributed by atoms with van der Waals surface area (Å²) in [5.41, 5.74) is 3.40. The fraction of sp³-hybridized carbons (Fsp3) is 0.400. The fourth-order valence-corrected chi connectivity index (χ4v) is 3.40. The van der Waals surface area contributed by atoms with Crippen LogP contribution in [-0.2, 0) is 13.1 Å². The Morgan fingerprint density at radius 2 is 2.00 bits per heavy atom. The second-order valence-corrected chi connectivity index (χ2v) is 8.28. The van der Waals surface area contributed by atoms with Crippen LogP contribution in [0, 0.1) is 19.8 Å². The van der Waals surface area contributed by atoms with Crippen molar-refractivity contribution < 1.29 is 4.74 Å². The molecule has 8 heteroatoms. The number of rotatable bonds is 9. The van der Waals surface area contributed by atoms with Crippen LogP contribution < -0.4 is 15.4 Å². The Labute approximate surface area is 213 Å². The third-order valence-corrected chi connectivity index (χ3v) is 5.49. The van der Waals surface area contributed by atoms with Crippen LogP contribution in [0.3, 0.4) is 0 Å². The minimum Gasteiger partial charge on any atom is -0.493 e. The number of benzene rings is 1. The van der Waals surface area contributed by atoms with Crippen LogP contribution in [0.4, 0.5) is 0 Å². The van der Waals surface area contributed by atoms with E-state index in [4.69, 9.17) is 9.73 Å². The van der Waals surface area contributed by atoms with Crippen molar-refractivity contribution in [1.82, 2.24) is 25.2 Å². The third kappa shape index (κ3) is 7.18.